The minimum atomic E-state index is 0.668. The first-order chi connectivity index (χ1) is 9.31. The molecule has 4 heterocycles. The second-order valence-electron chi connectivity index (χ2n) is 7.05. The normalized spacial score (nSPS) is 40.9. The summed E-state index contributed by atoms with van der Waals surface area (Å²) >= 11 is 0. The van der Waals surface area contributed by atoms with Crippen molar-refractivity contribution in [3.8, 4) is 0 Å². The number of hydrogen-bond acceptors (Lipinski definition) is 3. The second kappa shape index (κ2) is 6.55. The molecular weight excluding hydrogens is 234 g/mol. The summed E-state index contributed by atoms with van der Waals surface area (Å²) < 4.78 is 0. The molecular formula is C16H31N3. The van der Waals surface area contributed by atoms with E-state index in [4.69, 9.17) is 0 Å². The Hall–Kier alpha value is -0.120. The van der Waals surface area contributed by atoms with Crippen LogP contribution in [0.25, 0.3) is 0 Å². The lowest BCUT2D eigenvalue weighted by Crippen LogP contribution is -2.58. The van der Waals surface area contributed by atoms with Crippen molar-refractivity contribution in [2.24, 2.45) is 5.92 Å². The standard InChI is InChI=1S/C16H31N3/c1-13(11-15-5-3-2-4-8-17-15)18-16-12-19-9-6-14(16)7-10-19/h13-18H,2-12H2,1H3. The average Bonchev–Trinajstić information content (AvgIpc) is 2.68. The van der Waals surface area contributed by atoms with Gasteiger partial charge in [-0.05, 0) is 64.6 Å². The van der Waals surface area contributed by atoms with Crippen LogP contribution in [-0.4, -0.2) is 49.2 Å². The summed E-state index contributed by atoms with van der Waals surface area (Å²) in [5.41, 5.74) is 0. The van der Waals surface area contributed by atoms with Crippen LogP contribution in [0.1, 0.15) is 51.9 Å². The van der Waals surface area contributed by atoms with Gasteiger partial charge in [0, 0.05) is 24.7 Å². The largest absolute Gasteiger partial charge is 0.314 e. The molecule has 0 saturated carbocycles. The Labute approximate surface area is 118 Å². The Balaban J connectivity index is 1.44. The minimum absolute atomic E-state index is 0.668. The van der Waals surface area contributed by atoms with E-state index in [1.807, 2.05) is 0 Å². The van der Waals surface area contributed by atoms with Gasteiger partial charge < -0.3 is 15.5 Å². The van der Waals surface area contributed by atoms with Gasteiger partial charge in [0.2, 0.25) is 0 Å². The Morgan fingerprint density at radius 3 is 2.74 bits per heavy atom. The van der Waals surface area contributed by atoms with Crippen molar-refractivity contribution in [3.05, 3.63) is 0 Å². The lowest BCUT2D eigenvalue weighted by molar-refractivity contribution is 0.0668. The van der Waals surface area contributed by atoms with Crippen LogP contribution in [0.3, 0.4) is 0 Å². The number of nitrogens with one attached hydrogen (secondary N) is 2. The predicted octanol–water partition coefficient (Wildman–Crippen LogP) is 1.98. The van der Waals surface area contributed by atoms with Crippen LogP contribution < -0.4 is 10.6 Å². The number of nitrogens with zero attached hydrogens (tertiary/aromatic N) is 1. The first kappa shape index (κ1) is 13.8. The molecule has 0 aromatic carbocycles. The lowest BCUT2D eigenvalue weighted by atomic mass is 9.83. The highest BCUT2D eigenvalue weighted by Crippen LogP contribution is 2.28. The van der Waals surface area contributed by atoms with Crippen molar-refractivity contribution in [1.29, 1.82) is 0 Å². The van der Waals surface area contributed by atoms with Crippen LogP contribution in [-0.2, 0) is 0 Å². The van der Waals surface area contributed by atoms with Gasteiger partial charge in [-0.15, -0.1) is 0 Å². The summed E-state index contributed by atoms with van der Waals surface area (Å²) in [6, 6.07) is 2.19. The van der Waals surface area contributed by atoms with Gasteiger partial charge in [-0.1, -0.05) is 12.8 Å². The van der Waals surface area contributed by atoms with Crippen molar-refractivity contribution >= 4 is 0 Å². The summed E-state index contributed by atoms with van der Waals surface area (Å²) in [5.74, 6) is 0.953. The van der Waals surface area contributed by atoms with E-state index in [9.17, 15) is 0 Å². The fraction of sp³-hybridized carbons (Fsp3) is 1.00. The Bertz CT molecular complexity index is 265. The fourth-order valence-electron chi connectivity index (χ4n) is 4.32. The Morgan fingerprint density at radius 2 is 2.00 bits per heavy atom. The highest BCUT2D eigenvalue weighted by atomic mass is 15.2. The van der Waals surface area contributed by atoms with Gasteiger partial charge in [-0.2, -0.15) is 0 Å². The first-order valence-corrected chi connectivity index (χ1v) is 8.53. The number of fused-ring (bicyclic) bond motifs is 3. The van der Waals surface area contributed by atoms with Gasteiger partial charge in [-0.25, -0.2) is 0 Å². The van der Waals surface area contributed by atoms with Crippen molar-refractivity contribution in [1.82, 2.24) is 15.5 Å². The van der Waals surface area contributed by atoms with Gasteiger partial charge in [0.25, 0.3) is 0 Å². The van der Waals surface area contributed by atoms with Crippen LogP contribution in [0.5, 0.6) is 0 Å². The maximum atomic E-state index is 3.94. The van der Waals surface area contributed by atoms with E-state index in [2.05, 4.69) is 22.5 Å². The fourth-order valence-corrected chi connectivity index (χ4v) is 4.32. The molecule has 0 aromatic heterocycles. The zero-order valence-electron chi connectivity index (χ0n) is 12.5. The predicted molar refractivity (Wildman–Crippen MR) is 80.4 cm³/mol. The van der Waals surface area contributed by atoms with E-state index in [0.29, 0.717) is 6.04 Å². The van der Waals surface area contributed by atoms with Gasteiger partial charge in [-0.3, -0.25) is 0 Å². The van der Waals surface area contributed by atoms with Crippen LogP contribution in [0.4, 0.5) is 0 Å². The second-order valence-corrected chi connectivity index (χ2v) is 7.05. The maximum absolute atomic E-state index is 3.94. The third-order valence-electron chi connectivity index (χ3n) is 5.46. The zero-order chi connectivity index (χ0) is 13.1. The first-order valence-electron chi connectivity index (χ1n) is 8.53. The molecule has 0 spiro atoms. The zero-order valence-corrected chi connectivity index (χ0v) is 12.5. The maximum Gasteiger partial charge on any atom is 0.0226 e. The molecule has 4 rings (SSSR count). The average molecular weight is 265 g/mol. The summed E-state index contributed by atoms with van der Waals surface area (Å²) in [7, 11) is 0. The SMILES string of the molecule is CC(CC1CCCCCN1)NC1CN2CCC1CC2. The molecule has 0 radical (unpaired) electrons. The molecule has 0 aromatic rings. The summed E-state index contributed by atoms with van der Waals surface area (Å²) in [4.78, 5) is 2.65. The van der Waals surface area contributed by atoms with E-state index in [0.717, 1.165) is 18.0 Å². The smallest absolute Gasteiger partial charge is 0.0226 e. The molecule has 110 valence electrons. The minimum Gasteiger partial charge on any atom is -0.314 e. The molecule has 4 aliphatic rings. The highest BCUT2D eigenvalue weighted by Gasteiger charge is 2.34. The Morgan fingerprint density at radius 1 is 1.16 bits per heavy atom. The molecule has 4 fully saturated rings. The third-order valence-corrected chi connectivity index (χ3v) is 5.46. The molecule has 2 bridgehead atoms. The van der Waals surface area contributed by atoms with Crippen LogP contribution in [0.15, 0.2) is 0 Å². The third kappa shape index (κ3) is 3.71. The molecule has 3 nitrogen and oxygen atoms in total. The molecule has 3 atom stereocenters. The molecule has 19 heavy (non-hydrogen) atoms. The van der Waals surface area contributed by atoms with E-state index in [1.165, 1.54) is 71.1 Å². The molecule has 4 saturated heterocycles. The van der Waals surface area contributed by atoms with Gasteiger partial charge >= 0.3 is 0 Å². The summed E-state index contributed by atoms with van der Waals surface area (Å²) in [5, 5.41) is 7.67. The molecule has 4 aliphatic heterocycles. The topological polar surface area (TPSA) is 27.3 Å². The van der Waals surface area contributed by atoms with E-state index < -0.39 is 0 Å². The van der Waals surface area contributed by atoms with Gasteiger partial charge in [0.15, 0.2) is 0 Å². The van der Waals surface area contributed by atoms with Crippen molar-refractivity contribution in [2.45, 2.75) is 70.0 Å². The van der Waals surface area contributed by atoms with Crippen LogP contribution in [0, 0.1) is 5.92 Å². The molecule has 3 unspecified atom stereocenters. The molecule has 0 aliphatic carbocycles. The van der Waals surface area contributed by atoms with E-state index >= 15 is 0 Å². The van der Waals surface area contributed by atoms with E-state index in [-0.39, 0.29) is 0 Å². The van der Waals surface area contributed by atoms with Crippen LogP contribution >= 0.6 is 0 Å². The van der Waals surface area contributed by atoms with Crippen molar-refractivity contribution in [2.75, 3.05) is 26.2 Å². The number of rotatable bonds is 4. The van der Waals surface area contributed by atoms with Crippen LogP contribution in [0.2, 0.25) is 0 Å². The monoisotopic (exact) mass is 265 g/mol. The van der Waals surface area contributed by atoms with Gasteiger partial charge in [0.05, 0.1) is 0 Å². The summed E-state index contributed by atoms with van der Waals surface area (Å²) in [6.07, 6.45) is 9.75. The Kier molecular flexibility index (Phi) is 4.78. The highest BCUT2D eigenvalue weighted by molar-refractivity contribution is 4.92. The molecule has 3 heteroatoms. The van der Waals surface area contributed by atoms with Crippen molar-refractivity contribution < 1.29 is 0 Å². The van der Waals surface area contributed by atoms with Crippen molar-refractivity contribution in [3.63, 3.8) is 0 Å². The summed E-state index contributed by atoms with van der Waals surface area (Å²) in [6.45, 7) is 7.62. The number of piperidine rings is 3. The number of hydrogen-bond donors (Lipinski definition) is 2. The quantitative estimate of drug-likeness (QED) is 0.814. The molecule has 2 N–H and O–H groups in total. The molecule has 0 amide bonds. The van der Waals surface area contributed by atoms with Gasteiger partial charge in [0.1, 0.15) is 0 Å². The van der Waals surface area contributed by atoms with E-state index in [1.54, 1.807) is 0 Å². The lowest BCUT2D eigenvalue weighted by Gasteiger charge is -2.46.